The molecule has 0 atom stereocenters. The van der Waals surface area contributed by atoms with Crippen molar-refractivity contribution in [3.8, 4) is 11.1 Å². The first kappa shape index (κ1) is 18.9. The molecule has 32 heavy (non-hydrogen) atoms. The minimum absolute atomic E-state index is 0.0248. The van der Waals surface area contributed by atoms with Crippen LogP contribution in [0.5, 0.6) is 0 Å². The van der Waals surface area contributed by atoms with Crippen molar-refractivity contribution in [2.75, 3.05) is 4.90 Å². The van der Waals surface area contributed by atoms with Crippen molar-refractivity contribution in [2.45, 2.75) is 19.3 Å². The molecule has 5 aromatic carbocycles. The molecule has 1 aliphatic carbocycles. The Bertz CT molecular complexity index is 1440. The minimum atomic E-state index is -0.0248. The van der Waals surface area contributed by atoms with E-state index in [0.717, 1.165) is 5.69 Å². The van der Waals surface area contributed by atoms with Gasteiger partial charge in [0.25, 0.3) is 0 Å². The van der Waals surface area contributed by atoms with E-state index in [-0.39, 0.29) is 5.41 Å². The summed E-state index contributed by atoms with van der Waals surface area (Å²) < 4.78 is 0. The summed E-state index contributed by atoms with van der Waals surface area (Å²) >= 11 is 0. The van der Waals surface area contributed by atoms with Crippen LogP contribution in [0.1, 0.15) is 25.0 Å². The van der Waals surface area contributed by atoms with Gasteiger partial charge in [0, 0.05) is 22.2 Å². The first-order valence-corrected chi connectivity index (χ1v) is 11.2. The first-order valence-electron chi connectivity index (χ1n) is 11.2. The second-order valence-electron chi connectivity index (χ2n) is 9.07. The Kier molecular flexibility index (Phi) is 4.19. The maximum Gasteiger partial charge on any atom is 0.0540 e. The lowest BCUT2D eigenvalue weighted by Gasteiger charge is -2.29. The average Bonchev–Trinajstić information content (AvgIpc) is 3.07. The summed E-state index contributed by atoms with van der Waals surface area (Å²) in [5.41, 5.74) is 9.02. The van der Waals surface area contributed by atoms with E-state index in [0.29, 0.717) is 0 Å². The van der Waals surface area contributed by atoms with Crippen LogP contribution in [0.4, 0.5) is 17.1 Å². The largest absolute Gasteiger partial charge is 0.310 e. The van der Waals surface area contributed by atoms with Gasteiger partial charge in [-0.15, -0.1) is 0 Å². The molecule has 154 valence electrons. The Morgan fingerprint density at radius 2 is 1.22 bits per heavy atom. The van der Waals surface area contributed by atoms with Crippen molar-refractivity contribution in [3.05, 3.63) is 126 Å². The highest BCUT2D eigenvalue weighted by Gasteiger charge is 2.35. The van der Waals surface area contributed by atoms with E-state index < -0.39 is 0 Å². The Morgan fingerprint density at radius 1 is 0.531 bits per heavy atom. The summed E-state index contributed by atoms with van der Waals surface area (Å²) in [5.74, 6) is 0. The predicted octanol–water partition coefficient (Wildman–Crippen LogP) is 8.62. The fraction of sp³-hybridized carbons (Fsp3) is 0.0968. The summed E-state index contributed by atoms with van der Waals surface area (Å²) in [4.78, 5) is 2.39. The number of hydrogen-bond acceptors (Lipinski definition) is 1. The highest BCUT2D eigenvalue weighted by Crippen LogP contribution is 2.50. The van der Waals surface area contributed by atoms with E-state index >= 15 is 0 Å². The van der Waals surface area contributed by atoms with Gasteiger partial charge >= 0.3 is 0 Å². The smallest absolute Gasteiger partial charge is 0.0540 e. The highest BCUT2D eigenvalue weighted by molar-refractivity contribution is 5.99. The van der Waals surface area contributed by atoms with E-state index in [1.54, 1.807) is 0 Å². The number of rotatable bonds is 3. The zero-order valence-corrected chi connectivity index (χ0v) is 18.4. The van der Waals surface area contributed by atoms with E-state index in [2.05, 4.69) is 134 Å². The molecule has 6 rings (SSSR count). The van der Waals surface area contributed by atoms with Crippen LogP contribution in [0.2, 0.25) is 0 Å². The molecule has 0 amide bonds. The summed E-state index contributed by atoms with van der Waals surface area (Å²) in [6, 6.07) is 41.7. The Hall–Kier alpha value is -3.84. The molecule has 0 aliphatic heterocycles. The van der Waals surface area contributed by atoms with Crippen LogP contribution in [-0.4, -0.2) is 0 Å². The molecule has 0 saturated carbocycles. The topological polar surface area (TPSA) is 3.24 Å². The number of anilines is 3. The van der Waals surface area contributed by atoms with Crippen molar-refractivity contribution >= 4 is 27.8 Å². The van der Waals surface area contributed by atoms with Gasteiger partial charge in [0.05, 0.1) is 5.69 Å². The van der Waals surface area contributed by atoms with Crippen LogP contribution in [0.25, 0.3) is 21.9 Å². The molecule has 0 fully saturated rings. The molecule has 0 heterocycles. The number of hydrogen-bond donors (Lipinski definition) is 0. The number of fused-ring (bicyclic) bond motifs is 4. The third-order valence-corrected chi connectivity index (χ3v) is 6.85. The van der Waals surface area contributed by atoms with Crippen molar-refractivity contribution in [3.63, 3.8) is 0 Å². The van der Waals surface area contributed by atoms with Crippen LogP contribution in [0, 0.1) is 0 Å². The van der Waals surface area contributed by atoms with E-state index in [4.69, 9.17) is 0 Å². The van der Waals surface area contributed by atoms with Crippen molar-refractivity contribution in [2.24, 2.45) is 0 Å². The molecule has 1 aliphatic rings. The minimum Gasteiger partial charge on any atom is -0.310 e. The summed E-state index contributed by atoms with van der Waals surface area (Å²) in [6.45, 7) is 4.68. The Labute approximate surface area is 189 Å². The van der Waals surface area contributed by atoms with Gasteiger partial charge in [0.15, 0.2) is 0 Å². The fourth-order valence-electron chi connectivity index (χ4n) is 5.24. The second-order valence-corrected chi connectivity index (χ2v) is 9.07. The SMILES string of the molecule is CC1(C)c2ccccc2-c2ccc(N(c3ccccc3)c3cccc4ccccc34)cc21. The van der Waals surface area contributed by atoms with Gasteiger partial charge < -0.3 is 4.90 Å². The van der Waals surface area contributed by atoms with Gasteiger partial charge in [0.2, 0.25) is 0 Å². The maximum absolute atomic E-state index is 2.39. The summed E-state index contributed by atoms with van der Waals surface area (Å²) in [5, 5.41) is 2.50. The molecule has 0 unspecified atom stereocenters. The third-order valence-electron chi connectivity index (χ3n) is 6.85. The Balaban J connectivity index is 1.60. The highest BCUT2D eigenvalue weighted by atomic mass is 15.1. The molecule has 1 nitrogen and oxygen atoms in total. The van der Waals surface area contributed by atoms with Crippen LogP contribution in [-0.2, 0) is 5.41 Å². The molecular weight excluding hydrogens is 386 g/mol. The van der Waals surface area contributed by atoms with Crippen molar-refractivity contribution in [1.82, 2.24) is 0 Å². The monoisotopic (exact) mass is 411 g/mol. The maximum atomic E-state index is 2.39. The standard InChI is InChI=1S/C31H25N/c1-31(2)28-17-9-8-16-26(28)27-20-19-24(21-29(27)31)32(23-13-4-3-5-14-23)30-18-10-12-22-11-6-7-15-25(22)30/h3-21H,1-2H3. The van der Waals surface area contributed by atoms with Crippen LogP contribution >= 0.6 is 0 Å². The van der Waals surface area contributed by atoms with Gasteiger partial charge in [-0.05, 0) is 58.0 Å². The molecule has 0 N–H and O–H groups in total. The molecule has 0 aromatic heterocycles. The summed E-state index contributed by atoms with van der Waals surface area (Å²) in [6.07, 6.45) is 0. The van der Waals surface area contributed by atoms with Gasteiger partial charge in [0.1, 0.15) is 0 Å². The van der Waals surface area contributed by atoms with Gasteiger partial charge in [-0.2, -0.15) is 0 Å². The molecule has 0 saturated heterocycles. The fourth-order valence-corrected chi connectivity index (χ4v) is 5.24. The Morgan fingerprint density at radius 3 is 2.09 bits per heavy atom. The van der Waals surface area contributed by atoms with Crippen LogP contribution in [0.15, 0.2) is 115 Å². The third kappa shape index (κ3) is 2.78. The number of nitrogens with zero attached hydrogens (tertiary/aromatic N) is 1. The number of benzene rings is 5. The molecule has 0 bridgehead atoms. The van der Waals surface area contributed by atoms with Crippen LogP contribution < -0.4 is 4.90 Å². The number of para-hydroxylation sites is 1. The zero-order chi connectivity index (χ0) is 21.7. The first-order chi connectivity index (χ1) is 15.6. The van der Waals surface area contributed by atoms with Gasteiger partial charge in [-0.3, -0.25) is 0 Å². The van der Waals surface area contributed by atoms with Gasteiger partial charge in [-0.25, -0.2) is 0 Å². The van der Waals surface area contributed by atoms with Crippen LogP contribution in [0.3, 0.4) is 0 Å². The molecular formula is C31H25N. The molecule has 1 heteroatoms. The van der Waals surface area contributed by atoms with Gasteiger partial charge in [-0.1, -0.05) is 98.8 Å². The normalized spacial score (nSPS) is 13.6. The lowest BCUT2D eigenvalue weighted by Crippen LogP contribution is -2.16. The summed E-state index contributed by atoms with van der Waals surface area (Å²) in [7, 11) is 0. The lowest BCUT2D eigenvalue weighted by atomic mass is 9.82. The van der Waals surface area contributed by atoms with Crippen molar-refractivity contribution in [1.29, 1.82) is 0 Å². The molecule has 0 spiro atoms. The second kappa shape index (κ2) is 7.10. The molecule has 0 radical (unpaired) electrons. The zero-order valence-electron chi connectivity index (χ0n) is 18.4. The van der Waals surface area contributed by atoms with E-state index in [1.807, 2.05) is 0 Å². The van der Waals surface area contributed by atoms with Crippen molar-refractivity contribution < 1.29 is 0 Å². The van der Waals surface area contributed by atoms with E-state index in [1.165, 1.54) is 44.4 Å². The lowest BCUT2D eigenvalue weighted by molar-refractivity contribution is 0.660. The average molecular weight is 412 g/mol. The quantitative estimate of drug-likeness (QED) is 0.287. The molecule has 5 aromatic rings. The van der Waals surface area contributed by atoms with E-state index in [9.17, 15) is 0 Å². The predicted molar refractivity (Wildman–Crippen MR) is 136 cm³/mol.